The molecule has 0 unspecified atom stereocenters. The van der Waals surface area contributed by atoms with Crippen molar-refractivity contribution in [2.24, 2.45) is 10.9 Å². The van der Waals surface area contributed by atoms with Gasteiger partial charge in [0.15, 0.2) is 5.96 Å². The van der Waals surface area contributed by atoms with E-state index in [1.54, 1.807) is 4.31 Å². The van der Waals surface area contributed by atoms with Gasteiger partial charge in [0.05, 0.1) is 6.26 Å². The number of benzene rings is 1. The average Bonchev–Trinajstić information content (AvgIpc) is 2.71. The van der Waals surface area contributed by atoms with E-state index in [1.807, 2.05) is 12.1 Å². The number of nitrogens with zero attached hydrogens (tertiary/aromatic N) is 4. The Labute approximate surface area is 196 Å². The van der Waals surface area contributed by atoms with E-state index < -0.39 is 10.0 Å². The topological polar surface area (TPSA) is 68.2 Å². The van der Waals surface area contributed by atoms with Gasteiger partial charge in [0.25, 0.3) is 0 Å². The van der Waals surface area contributed by atoms with Gasteiger partial charge < -0.3 is 15.1 Å². The molecule has 1 aromatic carbocycles. The highest BCUT2D eigenvalue weighted by Gasteiger charge is 2.25. The van der Waals surface area contributed by atoms with Gasteiger partial charge in [-0.1, -0.05) is 0 Å². The SMILES string of the molecule is CCNC(=NCC1CCN(S(C)(=O)=O)CC1)N1CCN(c2ccc(F)cc2)CC1.I. The number of aliphatic imine (C=N–C) groups is 1. The predicted molar refractivity (Wildman–Crippen MR) is 131 cm³/mol. The molecule has 10 heteroatoms. The van der Waals surface area contributed by atoms with E-state index in [1.165, 1.54) is 18.4 Å². The Balaban J connectivity index is 0.00000320. The number of anilines is 1. The van der Waals surface area contributed by atoms with Gasteiger partial charge >= 0.3 is 0 Å². The largest absolute Gasteiger partial charge is 0.368 e. The number of piperazine rings is 1. The fraction of sp³-hybridized carbons (Fsp3) is 0.650. The van der Waals surface area contributed by atoms with Crippen molar-refractivity contribution in [2.75, 3.05) is 63.5 Å². The van der Waals surface area contributed by atoms with Gasteiger partial charge in [-0.25, -0.2) is 17.1 Å². The molecule has 2 saturated heterocycles. The number of rotatable bonds is 5. The molecule has 2 aliphatic rings. The first-order valence-corrected chi connectivity index (χ1v) is 12.2. The summed E-state index contributed by atoms with van der Waals surface area (Å²) in [6.07, 6.45) is 2.99. The quantitative estimate of drug-likeness (QED) is 0.344. The minimum absolute atomic E-state index is 0. The van der Waals surface area contributed by atoms with E-state index in [9.17, 15) is 12.8 Å². The van der Waals surface area contributed by atoms with Gasteiger partial charge in [-0.15, -0.1) is 24.0 Å². The summed E-state index contributed by atoms with van der Waals surface area (Å²) < 4.78 is 38.0. The summed E-state index contributed by atoms with van der Waals surface area (Å²) in [6.45, 7) is 8.21. The summed E-state index contributed by atoms with van der Waals surface area (Å²) in [5, 5.41) is 3.39. The highest BCUT2D eigenvalue weighted by Crippen LogP contribution is 2.20. The number of nitrogens with one attached hydrogen (secondary N) is 1. The molecule has 0 aromatic heterocycles. The van der Waals surface area contributed by atoms with Crippen LogP contribution in [0.2, 0.25) is 0 Å². The summed E-state index contributed by atoms with van der Waals surface area (Å²) in [5.41, 5.74) is 1.05. The predicted octanol–water partition coefficient (Wildman–Crippen LogP) is 2.20. The van der Waals surface area contributed by atoms with Crippen LogP contribution in [0.4, 0.5) is 10.1 Å². The number of halogens is 2. The van der Waals surface area contributed by atoms with Gasteiger partial charge in [-0.3, -0.25) is 4.99 Å². The van der Waals surface area contributed by atoms with Crippen LogP contribution in [0.5, 0.6) is 0 Å². The van der Waals surface area contributed by atoms with E-state index in [0.717, 1.165) is 63.8 Å². The number of hydrogen-bond acceptors (Lipinski definition) is 4. The van der Waals surface area contributed by atoms with E-state index in [2.05, 4.69) is 22.0 Å². The molecule has 30 heavy (non-hydrogen) atoms. The van der Waals surface area contributed by atoms with E-state index in [4.69, 9.17) is 4.99 Å². The Bertz CT molecular complexity index is 790. The molecule has 0 radical (unpaired) electrons. The van der Waals surface area contributed by atoms with E-state index in [0.29, 0.717) is 19.0 Å². The van der Waals surface area contributed by atoms with Crippen LogP contribution in [-0.4, -0.2) is 82.2 Å². The van der Waals surface area contributed by atoms with Crippen LogP contribution in [0.25, 0.3) is 0 Å². The molecule has 170 valence electrons. The van der Waals surface area contributed by atoms with Crippen molar-refractivity contribution in [2.45, 2.75) is 19.8 Å². The molecule has 0 bridgehead atoms. The van der Waals surface area contributed by atoms with Crippen molar-refractivity contribution in [1.82, 2.24) is 14.5 Å². The lowest BCUT2D eigenvalue weighted by atomic mass is 9.98. The normalized spacial score (nSPS) is 19.5. The highest BCUT2D eigenvalue weighted by molar-refractivity contribution is 14.0. The molecule has 2 heterocycles. The Morgan fingerprint density at radius 1 is 1.10 bits per heavy atom. The van der Waals surface area contributed by atoms with Crippen LogP contribution < -0.4 is 10.2 Å². The Morgan fingerprint density at radius 3 is 2.23 bits per heavy atom. The minimum atomic E-state index is -3.09. The first kappa shape index (κ1) is 25.1. The zero-order chi connectivity index (χ0) is 20.9. The van der Waals surface area contributed by atoms with Gasteiger partial charge in [0.1, 0.15) is 5.82 Å². The monoisotopic (exact) mass is 553 g/mol. The van der Waals surface area contributed by atoms with Crippen LogP contribution in [0.1, 0.15) is 19.8 Å². The Kier molecular flexibility index (Phi) is 9.61. The molecule has 0 spiro atoms. The van der Waals surface area contributed by atoms with Crippen LogP contribution in [0.15, 0.2) is 29.3 Å². The van der Waals surface area contributed by atoms with Crippen molar-refractivity contribution in [1.29, 1.82) is 0 Å². The number of piperidine rings is 1. The molecular formula is C20H33FIN5O2S. The Morgan fingerprint density at radius 2 is 1.70 bits per heavy atom. The van der Waals surface area contributed by atoms with E-state index >= 15 is 0 Å². The molecule has 0 saturated carbocycles. The number of guanidine groups is 1. The zero-order valence-corrected chi connectivity index (χ0v) is 20.9. The van der Waals surface area contributed by atoms with Crippen molar-refractivity contribution in [3.05, 3.63) is 30.1 Å². The average molecular weight is 553 g/mol. The van der Waals surface area contributed by atoms with Crippen LogP contribution in [0, 0.1) is 11.7 Å². The summed E-state index contributed by atoms with van der Waals surface area (Å²) in [6, 6.07) is 6.66. The number of hydrogen-bond donors (Lipinski definition) is 1. The highest BCUT2D eigenvalue weighted by atomic mass is 127. The minimum Gasteiger partial charge on any atom is -0.368 e. The molecule has 2 fully saturated rings. The molecule has 3 rings (SSSR count). The molecule has 0 atom stereocenters. The van der Waals surface area contributed by atoms with Gasteiger partial charge in [-0.05, 0) is 49.9 Å². The lowest BCUT2D eigenvalue weighted by molar-refractivity contribution is 0.279. The van der Waals surface area contributed by atoms with Crippen LogP contribution >= 0.6 is 24.0 Å². The van der Waals surface area contributed by atoms with Crippen molar-refractivity contribution >= 4 is 45.6 Å². The third kappa shape index (κ3) is 6.94. The third-order valence-corrected chi connectivity index (χ3v) is 6.95. The maximum Gasteiger partial charge on any atom is 0.211 e. The fourth-order valence-electron chi connectivity index (χ4n) is 3.89. The molecule has 7 nitrogen and oxygen atoms in total. The smallest absolute Gasteiger partial charge is 0.211 e. The van der Waals surface area contributed by atoms with Gasteiger partial charge in [0.2, 0.25) is 10.0 Å². The summed E-state index contributed by atoms with van der Waals surface area (Å²) in [4.78, 5) is 9.39. The molecule has 0 aliphatic carbocycles. The van der Waals surface area contributed by atoms with Crippen molar-refractivity contribution < 1.29 is 12.8 Å². The lowest BCUT2D eigenvalue weighted by Crippen LogP contribution is -2.52. The zero-order valence-electron chi connectivity index (χ0n) is 17.8. The molecular weight excluding hydrogens is 520 g/mol. The lowest BCUT2D eigenvalue weighted by Gasteiger charge is -2.38. The number of sulfonamides is 1. The third-order valence-electron chi connectivity index (χ3n) is 5.65. The molecule has 0 amide bonds. The first-order chi connectivity index (χ1) is 13.9. The second kappa shape index (κ2) is 11.5. The standard InChI is InChI=1S/C20H32FN5O2S.HI/c1-3-22-20(23-16-17-8-10-26(11-9-17)29(2,27)28)25-14-12-24(13-15-25)19-6-4-18(21)5-7-19;/h4-7,17H,3,8-16H2,1-2H3,(H,22,23);1H. The van der Waals surface area contributed by atoms with Gasteiger partial charge in [0, 0.05) is 58.0 Å². The van der Waals surface area contributed by atoms with E-state index in [-0.39, 0.29) is 29.8 Å². The fourth-order valence-corrected chi connectivity index (χ4v) is 4.77. The van der Waals surface area contributed by atoms with Crippen molar-refractivity contribution in [3.8, 4) is 0 Å². The summed E-state index contributed by atoms with van der Waals surface area (Å²) in [7, 11) is -3.09. The molecule has 2 aliphatic heterocycles. The molecule has 1 N–H and O–H groups in total. The maximum atomic E-state index is 13.1. The Hall–Kier alpha value is -1.14. The summed E-state index contributed by atoms with van der Waals surface area (Å²) in [5.74, 6) is 1.13. The van der Waals surface area contributed by atoms with Gasteiger partial charge in [-0.2, -0.15) is 0 Å². The second-order valence-corrected chi connectivity index (χ2v) is 9.73. The maximum absolute atomic E-state index is 13.1. The van der Waals surface area contributed by atoms with Crippen LogP contribution in [-0.2, 0) is 10.0 Å². The van der Waals surface area contributed by atoms with Crippen molar-refractivity contribution in [3.63, 3.8) is 0 Å². The van der Waals surface area contributed by atoms with Crippen LogP contribution in [0.3, 0.4) is 0 Å². The first-order valence-electron chi connectivity index (χ1n) is 10.4. The second-order valence-electron chi connectivity index (χ2n) is 7.75. The molecule has 1 aromatic rings. The summed E-state index contributed by atoms with van der Waals surface area (Å²) >= 11 is 0.